The number of guanidine groups is 1. The molecule has 10 atom stereocenters. The number of aliphatic hydroxyl groups is 1. The highest BCUT2D eigenvalue weighted by molar-refractivity contribution is 5.98. The van der Waals surface area contributed by atoms with Crippen molar-refractivity contribution in [3.8, 4) is 0 Å². The number of nitrogens with two attached hydrogens (primary N) is 4. The Kier molecular flexibility index (Phi) is 21.9. The molecule has 1 rings (SSSR count). The van der Waals surface area contributed by atoms with Gasteiger partial charge in [-0.25, -0.2) is 0 Å². The van der Waals surface area contributed by atoms with Gasteiger partial charge in [0.25, 0.3) is 0 Å². The van der Waals surface area contributed by atoms with Crippen LogP contribution in [0.15, 0.2) is 4.99 Å². The van der Waals surface area contributed by atoms with E-state index in [1.54, 1.807) is 27.7 Å². The van der Waals surface area contributed by atoms with Crippen molar-refractivity contribution in [2.75, 3.05) is 13.1 Å². The molecule has 1 saturated heterocycles. The second-order valence-electron chi connectivity index (χ2n) is 15.1. The first kappa shape index (κ1) is 51.5. The van der Waals surface area contributed by atoms with Crippen molar-refractivity contribution in [3.05, 3.63) is 0 Å². The second-order valence-corrected chi connectivity index (χ2v) is 15.1. The summed E-state index contributed by atoms with van der Waals surface area (Å²) in [5.41, 5.74) is 21.6. The van der Waals surface area contributed by atoms with Crippen LogP contribution in [0.25, 0.3) is 0 Å². The first-order valence-corrected chi connectivity index (χ1v) is 20.0. The number of likely N-dealkylation sites (tertiary alicyclic amines) is 1. The molecule has 22 heteroatoms. The van der Waals surface area contributed by atoms with Crippen LogP contribution in [0.2, 0.25) is 0 Å². The predicted molar refractivity (Wildman–Crippen MR) is 216 cm³/mol. The van der Waals surface area contributed by atoms with E-state index in [9.17, 15) is 48.3 Å². The number of primary amides is 2. The van der Waals surface area contributed by atoms with Gasteiger partial charge in [0.1, 0.15) is 42.3 Å². The van der Waals surface area contributed by atoms with Crippen LogP contribution in [0.4, 0.5) is 0 Å². The monoisotopic (exact) mass is 839 g/mol. The Morgan fingerprint density at radius 3 is 1.75 bits per heavy atom. The number of carbonyl (C=O) groups is 9. The summed E-state index contributed by atoms with van der Waals surface area (Å²) in [5, 5.41) is 25.8. The Bertz CT molecular complexity index is 1540. The standard InChI is InChI=1S/C37H66N12O10/c1-8-18(3)27(44-22(7)51)34(57)48-29(21(6)50)35(58)45-23(14-15-26(38)52)31(54)47-28(19(4)9-2)33(56)46-24(12-10-16-42-37(40)41)36(59)49-17-11-13-25(49)32(55)43-20(5)30(39)53/h18-21,23-25,27-29,50H,8-17H2,1-7H3,(H2,38,52)(H2,39,53)(H,43,55)(H,44,51)(H,45,58)(H,46,56)(H,47,54)(H,48,57)(H4,40,41,42)/t18-,19-,20+,21+,23-,24-,25-,27+,28-,29-/m0/s1. The summed E-state index contributed by atoms with van der Waals surface area (Å²) in [6.45, 7) is 11.1. The van der Waals surface area contributed by atoms with E-state index in [1.165, 1.54) is 25.7 Å². The molecule has 1 aliphatic rings. The zero-order valence-corrected chi connectivity index (χ0v) is 35.2. The van der Waals surface area contributed by atoms with Gasteiger partial charge in [-0.15, -0.1) is 0 Å². The molecule has 0 aliphatic carbocycles. The molecule has 0 saturated carbocycles. The second kappa shape index (κ2) is 25.1. The van der Waals surface area contributed by atoms with E-state index in [2.05, 4.69) is 36.9 Å². The third kappa shape index (κ3) is 17.1. The van der Waals surface area contributed by atoms with Crippen molar-refractivity contribution in [2.24, 2.45) is 39.8 Å². The topological polar surface area (TPSA) is 366 Å². The molecular formula is C37H66N12O10. The Balaban J connectivity index is 3.43. The molecule has 1 heterocycles. The number of amides is 9. The van der Waals surface area contributed by atoms with Gasteiger partial charge in [0, 0.05) is 26.4 Å². The SMILES string of the molecule is CC[C@H](C)[C@H](NC(=O)[C@H](CCC(N)=O)NC(=O)[C@@H](NC(=O)[C@H](NC(C)=O)[C@@H](C)CC)[C@@H](C)O)C(=O)N[C@@H](CCCN=C(N)N)C(=O)N1CCC[C@H]1C(=O)N[C@H](C)C(N)=O. The van der Waals surface area contributed by atoms with Crippen LogP contribution in [0.3, 0.4) is 0 Å². The molecular weight excluding hydrogens is 772 g/mol. The van der Waals surface area contributed by atoms with Crippen molar-refractivity contribution in [1.82, 2.24) is 36.8 Å². The summed E-state index contributed by atoms with van der Waals surface area (Å²) in [6.07, 6.45) is -0.353. The van der Waals surface area contributed by atoms with E-state index in [1.807, 2.05) is 0 Å². The van der Waals surface area contributed by atoms with Crippen LogP contribution in [0, 0.1) is 11.8 Å². The average Bonchev–Trinajstić information content (AvgIpc) is 3.66. The first-order valence-electron chi connectivity index (χ1n) is 20.0. The van der Waals surface area contributed by atoms with Gasteiger partial charge in [-0.2, -0.15) is 0 Å². The van der Waals surface area contributed by atoms with E-state index in [4.69, 9.17) is 22.9 Å². The molecule has 0 aromatic rings. The van der Waals surface area contributed by atoms with Crippen LogP contribution >= 0.6 is 0 Å². The summed E-state index contributed by atoms with van der Waals surface area (Å²) in [7, 11) is 0. The molecule has 0 spiro atoms. The van der Waals surface area contributed by atoms with Gasteiger partial charge in [-0.1, -0.05) is 40.5 Å². The molecule has 0 bridgehead atoms. The molecule has 0 radical (unpaired) electrons. The highest BCUT2D eigenvalue weighted by Crippen LogP contribution is 2.21. The molecule has 0 aromatic heterocycles. The smallest absolute Gasteiger partial charge is 0.245 e. The van der Waals surface area contributed by atoms with E-state index in [0.29, 0.717) is 19.3 Å². The summed E-state index contributed by atoms with van der Waals surface area (Å²) in [4.78, 5) is 122. The Hall–Kier alpha value is -5.54. The number of carbonyl (C=O) groups excluding carboxylic acids is 9. The summed E-state index contributed by atoms with van der Waals surface area (Å²) >= 11 is 0. The first-order chi connectivity index (χ1) is 27.5. The van der Waals surface area contributed by atoms with Crippen LogP contribution in [0.5, 0.6) is 0 Å². The predicted octanol–water partition coefficient (Wildman–Crippen LogP) is -3.80. The number of rotatable bonds is 25. The minimum absolute atomic E-state index is 0.0224. The third-order valence-electron chi connectivity index (χ3n) is 10.2. The zero-order chi connectivity index (χ0) is 45.1. The lowest BCUT2D eigenvalue weighted by atomic mass is 9.96. The maximum Gasteiger partial charge on any atom is 0.245 e. The molecule has 1 aliphatic heterocycles. The normalized spacial score (nSPS) is 18.2. The fourth-order valence-electron chi connectivity index (χ4n) is 6.25. The quantitative estimate of drug-likeness (QED) is 0.0240. The summed E-state index contributed by atoms with van der Waals surface area (Å²) in [5.74, 6) is -7.81. The molecule has 0 aromatic carbocycles. The Labute approximate surface area is 344 Å². The lowest BCUT2D eigenvalue weighted by Gasteiger charge is -2.32. The van der Waals surface area contributed by atoms with Crippen molar-refractivity contribution in [1.29, 1.82) is 0 Å². The Morgan fingerprint density at radius 2 is 1.24 bits per heavy atom. The summed E-state index contributed by atoms with van der Waals surface area (Å²) < 4.78 is 0. The number of hydrogen-bond donors (Lipinski definition) is 11. The van der Waals surface area contributed by atoms with Gasteiger partial charge in [-0.05, 0) is 57.8 Å². The fourth-order valence-corrected chi connectivity index (χ4v) is 6.25. The number of aliphatic imine (C=N–C) groups is 1. The lowest BCUT2D eigenvalue weighted by molar-refractivity contribution is -0.142. The number of hydrogen-bond acceptors (Lipinski definition) is 11. The number of nitrogens with zero attached hydrogens (tertiary/aromatic N) is 2. The van der Waals surface area contributed by atoms with Gasteiger partial charge in [0.05, 0.1) is 6.10 Å². The van der Waals surface area contributed by atoms with Gasteiger partial charge < -0.3 is 64.8 Å². The number of aliphatic hydroxyl groups excluding tert-OH is 1. The largest absolute Gasteiger partial charge is 0.391 e. The van der Waals surface area contributed by atoms with Crippen molar-refractivity contribution < 1.29 is 48.3 Å². The van der Waals surface area contributed by atoms with Gasteiger partial charge in [0.2, 0.25) is 53.2 Å². The van der Waals surface area contributed by atoms with E-state index in [-0.39, 0.29) is 57.1 Å². The maximum atomic E-state index is 14.1. The molecule has 59 heavy (non-hydrogen) atoms. The minimum atomic E-state index is -1.61. The highest BCUT2D eigenvalue weighted by Gasteiger charge is 2.40. The third-order valence-corrected chi connectivity index (χ3v) is 10.2. The maximum absolute atomic E-state index is 14.1. The molecule has 22 nitrogen and oxygen atoms in total. The number of nitrogens with one attached hydrogen (secondary N) is 6. The lowest BCUT2D eigenvalue weighted by Crippen LogP contribution is -2.62. The van der Waals surface area contributed by atoms with E-state index < -0.39 is 107 Å². The summed E-state index contributed by atoms with van der Waals surface area (Å²) in [6, 6.07) is -8.64. The Morgan fingerprint density at radius 1 is 0.712 bits per heavy atom. The van der Waals surface area contributed by atoms with Gasteiger partial charge in [-0.3, -0.25) is 48.1 Å². The molecule has 0 unspecified atom stereocenters. The van der Waals surface area contributed by atoms with Crippen molar-refractivity contribution >= 4 is 59.1 Å². The van der Waals surface area contributed by atoms with Crippen LogP contribution in [0.1, 0.15) is 99.8 Å². The van der Waals surface area contributed by atoms with Crippen LogP contribution in [-0.4, -0.2) is 131 Å². The minimum Gasteiger partial charge on any atom is -0.391 e. The van der Waals surface area contributed by atoms with E-state index >= 15 is 0 Å². The van der Waals surface area contributed by atoms with Gasteiger partial charge >= 0.3 is 0 Å². The van der Waals surface area contributed by atoms with E-state index in [0.717, 1.165) is 0 Å². The highest BCUT2D eigenvalue weighted by atomic mass is 16.3. The molecule has 334 valence electrons. The van der Waals surface area contributed by atoms with Crippen molar-refractivity contribution in [3.63, 3.8) is 0 Å². The van der Waals surface area contributed by atoms with Crippen LogP contribution in [-0.2, 0) is 43.2 Å². The van der Waals surface area contributed by atoms with Crippen molar-refractivity contribution in [2.45, 2.75) is 148 Å². The molecule has 1 fully saturated rings. The fraction of sp³-hybridized carbons (Fsp3) is 0.730. The zero-order valence-electron chi connectivity index (χ0n) is 35.2. The molecule has 15 N–H and O–H groups in total. The van der Waals surface area contributed by atoms with Crippen LogP contribution < -0.4 is 54.8 Å². The van der Waals surface area contributed by atoms with Gasteiger partial charge in [0.15, 0.2) is 5.96 Å². The molecule has 9 amide bonds. The average molecular weight is 839 g/mol.